The van der Waals surface area contributed by atoms with Gasteiger partial charge in [-0.2, -0.15) is 0 Å². The zero-order valence-electron chi connectivity index (χ0n) is 11.1. The minimum absolute atomic E-state index is 0.175. The molecule has 104 valence electrons. The Bertz CT molecular complexity index is 305. The molecule has 5 heteroatoms. The van der Waals surface area contributed by atoms with Crippen LogP contribution in [0.5, 0.6) is 0 Å². The summed E-state index contributed by atoms with van der Waals surface area (Å²) < 4.78 is 5.36. The molecule has 0 aromatic carbocycles. The molecule has 2 aliphatic heterocycles. The summed E-state index contributed by atoms with van der Waals surface area (Å²) in [5, 5.41) is 10.9. The standard InChI is InChI=1S/C13H24N2O3/c1-10-8-15(9-12(14)16)5-4-13(10,17)11-2-6-18-7-3-11/h10-11,17H,2-9H2,1H3,(H2,14,16)/t10-,13+/m1/s1. The fourth-order valence-corrected chi connectivity index (χ4v) is 3.39. The van der Waals surface area contributed by atoms with Gasteiger partial charge in [-0.25, -0.2) is 0 Å². The maximum absolute atomic E-state index is 10.9. The predicted molar refractivity (Wildman–Crippen MR) is 67.9 cm³/mol. The van der Waals surface area contributed by atoms with E-state index in [2.05, 4.69) is 6.92 Å². The average Bonchev–Trinajstić information content (AvgIpc) is 2.34. The zero-order valence-corrected chi connectivity index (χ0v) is 11.1. The molecule has 2 aliphatic rings. The van der Waals surface area contributed by atoms with E-state index in [1.807, 2.05) is 4.90 Å². The minimum Gasteiger partial charge on any atom is -0.389 e. The third kappa shape index (κ3) is 2.84. The lowest BCUT2D eigenvalue weighted by Gasteiger charge is -2.48. The molecule has 2 rings (SSSR count). The molecule has 3 N–H and O–H groups in total. The van der Waals surface area contributed by atoms with Crippen molar-refractivity contribution >= 4 is 5.91 Å². The van der Waals surface area contributed by atoms with Crippen LogP contribution in [0, 0.1) is 11.8 Å². The lowest BCUT2D eigenvalue weighted by Crippen LogP contribution is -2.56. The number of aliphatic hydroxyl groups is 1. The molecule has 0 bridgehead atoms. The SMILES string of the molecule is C[C@@H]1CN(CC(N)=O)CC[C@@]1(O)C1CCOCC1. The van der Waals surface area contributed by atoms with Crippen molar-refractivity contribution in [3.63, 3.8) is 0 Å². The number of ether oxygens (including phenoxy) is 1. The molecule has 2 saturated heterocycles. The van der Waals surface area contributed by atoms with Gasteiger partial charge in [-0.05, 0) is 31.1 Å². The van der Waals surface area contributed by atoms with Gasteiger partial charge in [0, 0.05) is 26.3 Å². The monoisotopic (exact) mass is 256 g/mol. The third-order valence-electron chi connectivity index (χ3n) is 4.52. The fourth-order valence-electron chi connectivity index (χ4n) is 3.39. The van der Waals surface area contributed by atoms with Crippen LogP contribution in [0.4, 0.5) is 0 Å². The van der Waals surface area contributed by atoms with Crippen LogP contribution in [-0.4, -0.2) is 54.4 Å². The first-order valence-corrected chi connectivity index (χ1v) is 6.83. The van der Waals surface area contributed by atoms with Crippen molar-refractivity contribution in [2.24, 2.45) is 17.6 Å². The molecule has 1 amide bonds. The lowest BCUT2D eigenvalue weighted by atomic mass is 9.70. The van der Waals surface area contributed by atoms with E-state index >= 15 is 0 Å². The molecule has 2 fully saturated rings. The van der Waals surface area contributed by atoms with Gasteiger partial charge in [0.05, 0.1) is 12.1 Å². The first-order valence-electron chi connectivity index (χ1n) is 6.83. The van der Waals surface area contributed by atoms with Gasteiger partial charge in [-0.1, -0.05) is 6.92 Å². The Hall–Kier alpha value is -0.650. The van der Waals surface area contributed by atoms with Crippen molar-refractivity contribution in [1.29, 1.82) is 0 Å². The van der Waals surface area contributed by atoms with E-state index in [0.29, 0.717) is 12.5 Å². The number of piperidine rings is 1. The van der Waals surface area contributed by atoms with E-state index in [4.69, 9.17) is 10.5 Å². The van der Waals surface area contributed by atoms with Crippen molar-refractivity contribution in [3.8, 4) is 0 Å². The van der Waals surface area contributed by atoms with Crippen LogP contribution in [-0.2, 0) is 9.53 Å². The summed E-state index contributed by atoms with van der Waals surface area (Å²) in [7, 11) is 0. The molecule has 0 radical (unpaired) electrons. The Balaban J connectivity index is 1.96. The highest BCUT2D eigenvalue weighted by Gasteiger charge is 2.45. The molecular formula is C13H24N2O3. The van der Waals surface area contributed by atoms with Crippen LogP contribution < -0.4 is 5.73 Å². The van der Waals surface area contributed by atoms with E-state index < -0.39 is 5.60 Å². The van der Waals surface area contributed by atoms with Crippen LogP contribution in [0.25, 0.3) is 0 Å². The smallest absolute Gasteiger partial charge is 0.231 e. The van der Waals surface area contributed by atoms with Gasteiger partial charge in [-0.3, -0.25) is 9.69 Å². The summed E-state index contributed by atoms with van der Waals surface area (Å²) in [6.07, 6.45) is 2.61. The van der Waals surface area contributed by atoms with Gasteiger partial charge >= 0.3 is 0 Å². The average molecular weight is 256 g/mol. The van der Waals surface area contributed by atoms with Gasteiger partial charge in [-0.15, -0.1) is 0 Å². The van der Waals surface area contributed by atoms with Crippen LogP contribution in [0.2, 0.25) is 0 Å². The second-order valence-corrected chi connectivity index (χ2v) is 5.73. The molecule has 5 nitrogen and oxygen atoms in total. The fraction of sp³-hybridized carbons (Fsp3) is 0.923. The van der Waals surface area contributed by atoms with E-state index in [-0.39, 0.29) is 11.8 Å². The number of hydrogen-bond acceptors (Lipinski definition) is 4. The second kappa shape index (κ2) is 5.55. The molecular weight excluding hydrogens is 232 g/mol. The van der Waals surface area contributed by atoms with Crippen LogP contribution >= 0.6 is 0 Å². The zero-order chi connectivity index (χ0) is 13.2. The maximum Gasteiger partial charge on any atom is 0.231 e. The molecule has 0 spiro atoms. The minimum atomic E-state index is -0.599. The molecule has 2 atom stereocenters. The number of amides is 1. The first kappa shape index (κ1) is 13.8. The molecule has 0 unspecified atom stereocenters. The van der Waals surface area contributed by atoms with Crippen molar-refractivity contribution in [3.05, 3.63) is 0 Å². The number of hydrogen-bond donors (Lipinski definition) is 2. The summed E-state index contributed by atoms with van der Waals surface area (Å²) in [4.78, 5) is 13.0. The quantitative estimate of drug-likeness (QED) is 0.743. The van der Waals surface area contributed by atoms with Gasteiger partial charge in [0.25, 0.3) is 0 Å². The molecule has 18 heavy (non-hydrogen) atoms. The Morgan fingerprint density at radius 2 is 2.17 bits per heavy atom. The Kier molecular flexibility index (Phi) is 4.25. The third-order valence-corrected chi connectivity index (χ3v) is 4.52. The van der Waals surface area contributed by atoms with Crippen LogP contribution in [0.3, 0.4) is 0 Å². The predicted octanol–water partition coefficient (Wildman–Crippen LogP) is -0.0288. The highest BCUT2D eigenvalue weighted by Crippen LogP contribution is 2.39. The number of likely N-dealkylation sites (tertiary alicyclic amines) is 1. The lowest BCUT2D eigenvalue weighted by molar-refractivity contribution is -0.136. The Morgan fingerprint density at radius 1 is 1.50 bits per heavy atom. The Morgan fingerprint density at radius 3 is 2.72 bits per heavy atom. The highest BCUT2D eigenvalue weighted by atomic mass is 16.5. The number of nitrogens with zero attached hydrogens (tertiary/aromatic N) is 1. The molecule has 0 aromatic heterocycles. The van der Waals surface area contributed by atoms with Gasteiger partial charge in [0.15, 0.2) is 0 Å². The number of primary amides is 1. The van der Waals surface area contributed by atoms with E-state index in [0.717, 1.165) is 45.6 Å². The largest absolute Gasteiger partial charge is 0.389 e. The van der Waals surface area contributed by atoms with Gasteiger partial charge < -0.3 is 15.6 Å². The summed E-state index contributed by atoms with van der Waals surface area (Å²) in [6.45, 7) is 5.38. The van der Waals surface area contributed by atoms with E-state index in [9.17, 15) is 9.90 Å². The maximum atomic E-state index is 10.9. The van der Waals surface area contributed by atoms with Crippen LogP contribution in [0.1, 0.15) is 26.2 Å². The van der Waals surface area contributed by atoms with Crippen LogP contribution in [0.15, 0.2) is 0 Å². The van der Waals surface area contributed by atoms with Crippen molar-refractivity contribution in [2.75, 3.05) is 32.8 Å². The summed E-state index contributed by atoms with van der Waals surface area (Å²) >= 11 is 0. The Labute approximate surface area is 108 Å². The first-order chi connectivity index (χ1) is 8.52. The highest BCUT2D eigenvalue weighted by molar-refractivity contribution is 5.75. The second-order valence-electron chi connectivity index (χ2n) is 5.73. The molecule has 0 aromatic rings. The normalized spacial score (nSPS) is 35.6. The molecule has 0 saturated carbocycles. The summed E-state index contributed by atoms with van der Waals surface area (Å²) in [6, 6.07) is 0. The number of nitrogens with two attached hydrogens (primary N) is 1. The number of carbonyl (C=O) groups excluding carboxylic acids is 1. The van der Waals surface area contributed by atoms with Crippen molar-refractivity contribution in [2.45, 2.75) is 31.8 Å². The van der Waals surface area contributed by atoms with E-state index in [1.54, 1.807) is 0 Å². The molecule has 2 heterocycles. The number of rotatable bonds is 3. The van der Waals surface area contributed by atoms with Crippen molar-refractivity contribution < 1.29 is 14.6 Å². The summed E-state index contributed by atoms with van der Waals surface area (Å²) in [5.74, 6) is 0.212. The van der Waals surface area contributed by atoms with Gasteiger partial charge in [0.2, 0.25) is 5.91 Å². The van der Waals surface area contributed by atoms with Gasteiger partial charge in [0.1, 0.15) is 0 Å². The van der Waals surface area contributed by atoms with E-state index in [1.165, 1.54) is 0 Å². The number of carbonyl (C=O) groups is 1. The molecule has 0 aliphatic carbocycles. The summed E-state index contributed by atoms with van der Waals surface area (Å²) in [5.41, 5.74) is 4.62. The van der Waals surface area contributed by atoms with Crippen molar-refractivity contribution in [1.82, 2.24) is 4.90 Å². The topological polar surface area (TPSA) is 75.8 Å².